The van der Waals surface area contributed by atoms with Gasteiger partial charge in [0.1, 0.15) is 0 Å². The molecule has 0 spiro atoms. The summed E-state index contributed by atoms with van der Waals surface area (Å²) < 4.78 is 0. The first-order valence-electron chi connectivity index (χ1n) is 3.63. The summed E-state index contributed by atoms with van der Waals surface area (Å²) in [6, 6.07) is 0. The third kappa shape index (κ3) is 1.66. The molecule has 0 bridgehead atoms. The molecule has 1 atom stereocenters. The van der Waals surface area contributed by atoms with Gasteiger partial charge in [-0.05, 0) is 25.2 Å². The first-order valence-corrected chi connectivity index (χ1v) is 3.63. The van der Waals surface area contributed by atoms with Crippen LogP contribution in [-0.4, -0.2) is 22.9 Å². The standard InChI is InChI=1S/C7H14O2/c8-5-4-7(9)6-2-1-3-6/h6-9H,1-5H2/t7-/m1/s1. The van der Waals surface area contributed by atoms with Gasteiger partial charge in [0.2, 0.25) is 0 Å². The number of hydrogen-bond donors (Lipinski definition) is 2. The molecule has 0 aromatic carbocycles. The second-order valence-electron chi connectivity index (χ2n) is 2.77. The van der Waals surface area contributed by atoms with Gasteiger partial charge in [-0.2, -0.15) is 0 Å². The summed E-state index contributed by atoms with van der Waals surface area (Å²) >= 11 is 0. The molecule has 0 radical (unpaired) electrons. The Morgan fingerprint density at radius 3 is 2.44 bits per heavy atom. The number of rotatable bonds is 3. The molecule has 9 heavy (non-hydrogen) atoms. The lowest BCUT2D eigenvalue weighted by atomic mass is 9.80. The molecule has 1 aliphatic rings. The number of hydrogen-bond acceptors (Lipinski definition) is 2. The van der Waals surface area contributed by atoms with Crippen molar-refractivity contribution in [1.82, 2.24) is 0 Å². The first kappa shape index (κ1) is 7.03. The summed E-state index contributed by atoms with van der Waals surface area (Å²) in [4.78, 5) is 0. The van der Waals surface area contributed by atoms with Crippen molar-refractivity contribution in [3.63, 3.8) is 0 Å². The molecule has 2 heteroatoms. The van der Waals surface area contributed by atoms with Gasteiger partial charge in [-0.1, -0.05) is 6.42 Å². The Morgan fingerprint density at radius 1 is 1.44 bits per heavy atom. The van der Waals surface area contributed by atoms with E-state index in [0.29, 0.717) is 12.3 Å². The van der Waals surface area contributed by atoms with E-state index in [-0.39, 0.29) is 12.7 Å². The first-order chi connectivity index (χ1) is 4.34. The van der Waals surface area contributed by atoms with E-state index in [1.54, 1.807) is 0 Å². The van der Waals surface area contributed by atoms with E-state index in [4.69, 9.17) is 5.11 Å². The van der Waals surface area contributed by atoms with Gasteiger partial charge in [-0.15, -0.1) is 0 Å². The SMILES string of the molecule is OCC[C@@H](O)C1CCC1. The van der Waals surface area contributed by atoms with Crippen LogP contribution in [-0.2, 0) is 0 Å². The van der Waals surface area contributed by atoms with Crippen molar-refractivity contribution in [2.24, 2.45) is 5.92 Å². The quantitative estimate of drug-likeness (QED) is 0.585. The maximum atomic E-state index is 9.21. The predicted octanol–water partition coefficient (Wildman–Crippen LogP) is 0.530. The Hall–Kier alpha value is -0.0800. The van der Waals surface area contributed by atoms with Gasteiger partial charge in [-0.3, -0.25) is 0 Å². The summed E-state index contributed by atoms with van der Waals surface area (Å²) in [5, 5.41) is 17.7. The normalized spacial score (nSPS) is 23.3. The highest BCUT2D eigenvalue weighted by atomic mass is 16.3. The predicted molar refractivity (Wildman–Crippen MR) is 35.1 cm³/mol. The Labute approximate surface area is 55.5 Å². The molecule has 1 aliphatic carbocycles. The van der Waals surface area contributed by atoms with E-state index in [9.17, 15) is 5.11 Å². The van der Waals surface area contributed by atoms with E-state index in [2.05, 4.69) is 0 Å². The molecule has 54 valence electrons. The van der Waals surface area contributed by atoms with E-state index in [1.165, 1.54) is 6.42 Å². The minimum absolute atomic E-state index is 0.123. The highest BCUT2D eigenvalue weighted by Gasteiger charge is 2.24. The average Bonchev–Trinajstić information content (AvgIpc) is 1.60. The van der Waals surface area contributed by atoms with Crippen LogP contribution in [0.1, 0.15) is 25.7 Å². The van der Waals surface area contributed by atoms with Crippen molar-refractivity contribution in [3.05, 3.63) is 0 Å². The fourth-order valence-electron chi connectivity index (χ4n) is 1.19. The second kappa shape index (κ2) is 3.18. The average molecular weight is 130 g/mol. The molecule has 1 fully saturated rings. The van der Waals surface area contributed by atoms with Crippen LogP contribution in [0, 0.1) is 5.92 Å². The summed E-state index contributed by atoms with van der Waals surface area (Å²) in [5.41, 5.74) is 0. The summed E-state index contributed by atoms with van der Waals surface area (Å²) in [7, 11) is 0. The fourth-order valence-corrected chi connectivity index (χ4v) is 1.19. The van der Waals surface area contributed by atoms with E-state index < -0.39 is 0 Å². The van der Waals surface area contributed by atoms with Crippen molar-refractivity contribution < 1.29 is 10.2 Å². The van der Waals surface area contributed by atoms with Crippen LogP contribution in [0.2, 0.25) is 0 Å². The molecule has 0 aliphatic heterocycles. The highest BCUT2D eigenvalue weighted by Crippen LogP contribution is 2.30. The topological polar surface area (TPSA) is 40.5 Å². The van der Waals surface area contributed by atoms with Gasteiger partial charge in [0.05, 0.1) is 6.10 Å². The zero-order chi connectivity index (χ0) is 6.69. The van der Waals surface area contributed by atoms with Gasteiger partial charge >= 0.3 is 0 Å². The van der Waals surface area contributed by atoms with Crippen LogP contribution in [0.15, 0.2) is 0 Å². The molecule has 0 aromatic rings. The van der Waals surface area contributed by atoms with E-state index in [0.717, 1.165) is 12.8 Å². The van der Waals surface area contributed by atoms with E-state index in [1.807, 2.05) is 0 Å². The maximum absolute atomic E-state index is 9.21. The molecule has 0 aromatic heterocycles. The van der Waals surface area contributed by atoms with Gasteiger partial charge in [0.15, 0.2) is 0 Å². The van der Waals surface area contributed by atoms with Crippen molar-refractivity contribution in [1.29, 1.82) is 0 Å². The van der Waals surface area contributed by atoms with Gasteiger partial charge < -0.3 is 10.2 Å². The Morgan fingerprint density at radius 2 is 2.11 bits per heavy atom. The van der Waals surface area contributed by atoms with Gasteiger partial charge in [0.25, 0.3) is 0 Å². The van der Waals surface area contributed by atoms with Crippen LogP contribution >= 0.6 is 0 Å². The zero-order valence-corrected chi connectivity index (χ0v) is 5.58. The molecular weight excluding hydrogens is 116 g/mol. The maximum Gasteiger partial charge on any atom is 0.0590 e. The Kier molecular flexibility index (Phi) is 2.49. The van der Waals surface area contributed by atoms with Crippen LogP contribution in [0.25, 0.3) is 0 Å². The minimum Gasteiger partial charge on any atom is -0.396 e. The monoisotopic (exact) mass is 130 g/mol. The molecule has 0 heterocycles. The Bertz CT molecular complexity index is 79.0. The van der Waals surface area contributed by atoms with E-state index >= 15 is 0 Å². The van der Waals surface area contributed by atoms with Crippen LogP contribution in [0.4, 0.5) is 0 Å². The van der Waals surface area contributed by atoms with Crippen molar-refractivity contribution in [3.8, 4) is 0 Å². The third-order valence-corrected chi connectivity index (χ3v) is 2.12. The fraction of sp³-hybridized carbons (Fsp3) is 1.00. The summed E-state index contributed by atoms with van der Waals surface area (Å²) in [6.07, 6.45) is 3.89. The molecule has 2 N–H and O–H groups in total. The third-order valence-electron chi connectivity index (χ3n) is 2.12. The van der Waals surface area contributed by atoms with Crippen molar-refractivity contribution in [2.45, 2.75) is 31.8 Å². The molecule has 0 amide bonds. The molecule has 2 nitrogen and oxygen atoms in total. The van der Waals surface area contributed by atoms with Crippen molar-refractivity contribution >= 4 is 0 Å². The smallest absolute Gasteiger partial charge is 0.0590 e. The zero-order valence-electron chi connectivity index (χ0n) is 5.58. The molecule has 0 saturated heterocycles. The Balaban J connectivity index is 2.08. The molecule has 0 unspecified atom stereocenters. The molecular formula is C7H14O2. The lowest BCUT2D eigenvalue weighted by Crippen LogP contribution is -2.27. The van der Waals surface area contributed by atoms with Crippen LogP contribution in [0.3, 0.4) is 0 Å². The summed E-state index contributed by atoms with van der Waals surface area (Å²) in [5.74, 6) is 0.497. The largest absolute Gasteiger partial charge is 0.396 e. The van der Waals surface area contributed by atoms with Gasteiger partial charge in [0, 0.05) is 6.61 Å². The highest BCUT2D eigenvalue weighted by molar-refractivity contribution is 4.76. The second-order valence-corrected chi connectivity index (χ2v) is 2.77. The number of aliphatic hydroxyl groups excluding tert-OH is 2. The minimum atomic E-state index is -0.233. The van der Waals surface area contributed by atoms with Gasteiger partial charge in [-0.25, -0.2) is 0 Å². The lowest BCUT2D eigenvalue weighted by molar-refractivity contribution is 0.0418. The van der Waals surface area contributed by atoms with Crippen LogP contribution < -0.4 is 0 Å². The lowest BCUT2D eigenvalue weighted by Gasteiger charge is -2.29. The van der Waals surface area contributed by atoms with Crippen LogP contribution in [0.5, 0.6) is 0 Å². The van der Waals surface area contributed by atoms with Crippen molar-refractivity contribution in [2.75, 3.05) is 6.61 Å². The molecule has 1 saturated carbocycles. The molecule has 1 rings (SSSR count). The number of aliphatic hydroxyl groups is 2. The summed E-state index contributed by atoms with van der Waals surface area (Å²) in [6.45, 7) is 0.123.